The number of hydrogen-bond donors (Lipinski definition) is 2. The van der Waals surface area contributed by atoms with Gasteiger partial charge < -0.3 is 15.4 Å². The lowest BCUT2D eigenvalue weighted by Gasteiger charge is -2.18. The fourth-order valence-corrected chi connectivity index (χ4v) is 2.55. The minimum atomic E-state index is -0.731. The van der Waals surface area contributed by atoms with E-state index in [1.807, 2.05) is 36.4 Å². The smallest absolute Gasteiger partial charge is 0.408 e. The van der Waals surface area contributed by atoms with Gasteiger partial charge in [0.05, 0.1) is 6.07 Å². The van der Waals surface area contributed by atoms with Crippen LogP contribution in [-0.2, 0) is 16.1 Å². The van der Waals surface area contributed by atoms with Gasteiger partial charge in [0.1, 0.15) is 19.2 Å². The second-order valence-electron chi connectivity index (χ2n) is 5.59. The monoisotopic (exact) mass is 327 g/mol. The first-order chi connectivity index (χ1) is 11.7. The van der Waals surface area contributed by atoms with E-state index in [0.717, 1.165) is 30.4 Å². The Hall–Kier alpha value is -2.81. The number of rotatable bonds is 7. The molecule has 0 aromatic heterocycles. The largest absolute Gasteiger partial charge is 0.445 e. The maximum atomic E-state index is 12.1. The molecule has 0 saturated heterocycles. The summed E-state index contributed by atoms with van der Waals surface area (Å²) < 4.78 is 5.16. The van der Waals surface area contributed by atoms with E-state index in [1.54, 1.807) is 0 Å². The second-order valence-corrected chi connectivity index (χ2v) is 5.59. The molecule has 6 heteroatoms. The highest BCUT2D eigenvalue weighted by Gasteiger charge is 2.23. The van der Waals surface area contributed by atoms with Gasteiger partial charge in [-0.05, 0) is 31.2 Å². The zero-order valence-electron chi connectivity index (χ0n) is 13.5. The van der Waals surface area contributed by atoms with E-state index in [-0.39, 0.29) is 19.1 Å². The molecule has 1 aromatic rings. The Labute approximate surface area is 141 Å². The average Bonchev–Trinajstić information content (AvgIpc) is 3.11. The first kappa shape index (κ1) is 17.5. The number of nitriles is 1. The quantitative estimate of drug-likeness (QED) is 0.594. The van der Waals surface area contributed by atoms with Crippen LogP contribution in [-0.4, -0.2) is 24.6 Å². The maximum absolute atomic E-state index is 12.1. The van der Waals surface area contributed by atoms with Crippen LogP contribution in [0, 0.1) is 11.3 Å². The molecule has 0 aliphatic heterocycles. The van der Waals surface area contributed by atoms with E-state index < -0.39 is 12.1 Å². The predicted octanol–water partition coefficient (Wildman–Crippen LogP) is 2.42. The molecule has 2 amide bonds. The Morgan fingerprint density at radius 1 is 1.29 bits per heavy atom. The van der Waals surface area contributed by atoms with Crippen LogP contribution in [0.15, 0.2) is 42.0 Å². The minimum absolute atomic E-state index is 0.0882. The number of benzene rings is 1. The number of ether oxygens (including phenoxy) is 1. The molecule has 0 heterocycles. The number of allylic oxidation sites excluding steroid dienone is 1. The Bertz CT molecular complexity index is 635. The number of carbonyl (C=O) groups is 2. The van der Waals surface area contributed by atoms with Crippen molar-refractivity contribution in [1.29, 1.82) is 5.26 Å². The Morgan fingerprint density at radius 2 is 2.08 bits per heavy atom. The van der Waals surface area contributed by atoms with Crippen molar-refractivity contribution < 1.29 is 14.3 Å². The number of nitrogens with zero attached hydrogens (tertiary/aromatic N) is 1. The van der Waals surface area contributed by atoms with Gasteiger partial charge in [0, 0.05) is 0 Å². The van der Waals surface area contributed by atoms with Crippen molar-refractivity contribution in [3.05, 3.63) is 47.5 Å². The van der Waals surface area contributed by atoms with Crippen molar-refractivity contribution in [1.82, 2.24) is 10.6 Å². The highest BCUT2D eigenvalue weighted by atomic mass is 16.5. The van der Waals surface area contributed by atoms with Crippen LogP contribution in [0.3, 0.4) is 0 Å². The zero-order chi connectivity index (χ0) is 17.2. The van der Waals surface area contributed by atoms with E-state index in [0.29, 0.717) is 6.42 Å². The topological polar surface area (TPSA) is 91.2 Å². The highest BCUT2D eigenvalue weighted by molar-refractivity contribution is 5.86. The Balaban J connectivity index is 1.89. The molecule has 0 spiro atoms. The standard InChI is InChI=1S/C18H21N3O3/c19-10-11-20-17(22)16(12-14-6-4-5-7-14)21-18(23)24-13-15-8-2-1-3-9-15/h1-3,6,8-9,16H,4-5,7,11-13H2,(H,20,22)(H,21,23). The van der Waals surface area contributed by atoms with Crippen molar-refractivity contribution in [2.75, 3.05) is 6.54 Å². The van der Waals surface area contributed by atoms with Crippen LogP contribution in [0.1, 0.15) is 31.2 Å². The number of carbonyl (C=O) groups excluding carboxylic acids is 2. The first-order valence-corrected chi connectivity index (χ1v) is 7.99. The van der Waals surface area contributed by atoms with Gasteiger partial charge in [0.25, 0.3) is 0 Å². The summed E-state index contributed by atoms with van der Waals surface area (Å²) in [6.07, 6.45) is 4.90. The van der Waals surface area contributed by atoms with Crippen LogP contribution in [0.5, 0.6) is 0 Å². The summed E-state index contributed by atoms with van der Waals surface area (Å²) in [6, 6.07) is 10.4. The molecule has 126 valence electrons. The summed E-state index contributed by atoms with van der Waals surface area (Å²) in [6.45, 7) is 0.0526. The predicted molar refractivity (Wildman–Crippen MR) is 88.7 cm³/mol. The van der Waals surface area contributed by atoms with Crippen LogP contribution in [0.2, 0.25) is 0 Å². The van der Waals surface area contributed by atoms with E-state index in [2.05, 4.69) is 16.7 Å². The Kier molecular flexibility index (Phi) is 6.84. The molecular weight excluding hydrogens is 306 g/mol. The number of alkyl carbamates (subject to hydrolysis) is 1. The molecule has 6 nitrogen and oxygen atoms in total. The molecule has 1 aromatic carbocycles. The van der Waals surface area contributed by atoms with Gasteiger partial charge in [0.15, 0.2) is 0 Å². The third-order valence-electron chi connectivity index (χ3n) is 3.76. The zero-order valence-corrected chi connectivity index (χ0v) is 13.5. The number of hydrogen-bond acceptors (Lipinski definition) is 4. The lowest BCUT2D eigenvalue weighted by atomic mass is 10.1. The van der Waals surface area contributed by atoms with Gasteiger partial charge in [-0.1, -0.05) is 42.0 Å². The molecule has 0 radical (unpaired) electrons. The molecule has 1 atom stereocenters. The number of nitrogens with one attached hydrogen (secondary N) is 2. The molecule has 1 aliphatic rings. The fraction of sp³-hybridized carbons (Fsp3) is 0.389. The van der Waals surface area contributed by atoms with Crippen molar-refractivity contribution in [2.24, 2.45) is 0 Å². The summed E-state index contributed by atoms with van der Waals surface area (Å²) in [5, 5.41) is 13.7. The van der Waals surface area contributed by atoms with Crippen molar-refractivity contribution in [3.8, 4) is 6.07 Å². The molecule has 0 bridgehead atoms. The van der Waals surface area contributed by atoms with Crippen molar-refractivity contribution in [3.63, 3.8) is 0 Å². The van der Waals surface area contributed by atoms with Gasteiger partial charge in [0.2, 0.25) is 5.91 Å². The fourth-order valence-electron chi connectivity index (χ4n) is 2.55. The van der Waals surface area contributed by atoms with Crippen LogP contribution in [0.25, 0.3) is 0 Å². The van der Waals surface area contributed by atoms with E-state index >= 15 is 0 Å². The molecule has 0 saturated carbocycles. The Morgan fingerprint density at radius 3 is 2.75 bits per heavy atom. The molecule has 0 fully saturated rings. The van der Waals surface area contributed by atoms with Crippen molar-refractivity contribution in [2.45, 2.75) is 38.3 Å². The molecule has 1 unspecified atom stereocenters. The SMILES string of the molecule is N#CCNC(=O)C(CC1=CCCC1)NC(=O)OCc1ccccc1. The summed E-state index contributed by atoms with van der Waals surface area (Å²) in [7, 11) is 0. The third-order valence-corrected chi connectivity index (χ3v) is 3.76. The second kappa shape index (κ2) is 9.36. The van der Waals surface area contributed by atoms with Gasteiger partial charge in [-0.2, -0.15) is 5.26 Å². The summed E-state index contributed by atoms with van der Waals surface area (Å²) in [4.78, 5) is 24.1. The minimum Gasteiger partial charge on any atom is -0.445 e. The number of amides is 2. The third kappa shape index (κ3) is 5.76. The van der Waals surface area contributed by atoms with Gasteiger partial charge in [-0.25, -0.2) is 4.79 Å². The summed E-state index contributed by atoms with van der Waals surface area (Å²) in [5.41, 5.74) is 2.02. The lowest BCUT2D eigenvalue weighted by Crippen LogP contribution is -2.47. The average molecular weight is 327 g/mol. The molecule has 1 aliphatic carbocycles. The van der Waals surface area contributed by atoms with Crippen LogP contribution >= 0.6 is 0 Å². The van der Waals surface area contributed by atoms with E-state index in [1.165, 1.54) is 0 Å². The van der Waals surface area contributed by atoms with Gasteiger partial charge >= 0.3 is 6.09 Å². The molecular formula is C18H21N3O3. The van der Waals surface area contributed by atoms with Crippen molar-refractivity contribution >= 4 is 12.0 Å². The molecule has 2 rings (SSSR count). The van der Waals surface area contributed by atoms with E-state index in [9.17, 15) is 9.59 Å². The van der Waals surface area contributed by atoms with Crippen LogP contribution < -0.4 is 10.6 Å². The summed E-state index contributed by atoms with van der Waals surface area (Å²) in [5.74, 6) is -0.374. The molecule has 2 N–H and O–H groups in total. The lowest BCUT2D eigenvalue weighted by molar-refractivity contribution is -0.122. The first-order valence-electron chi connectivity index (χ1n) is 7.99. The van der Waals surface area contributed by atoms with Gasteiger partial charge in [-0.15, -0.1) is 0 Å². The normalized spacial score (nSPS) is 14.2. The van der Waals surface area contributed by atoms with Gasteiger partial charge in [-0.3, -0.25) is 4.79 Å². The maximum Gasteiger partial charge on any atom is 0.408 e. The van der Waals surface area contributed by atoms with E-state index in [4.69, 9.17) is 10.00 Å². The summed E-state index contributed by atoms with van der Waals surface area (Å²) >= 11 is 0. The molecule has 24 heavy (non-hydrogen) atoms. The van der Waals surface area contributed by atoms with Crippen LogP contribution in [0.4, 0.5) is 4.79 Å². The highest BCUT2D eigenvalue weighted by Crippen LogP contribution is 2.22.